The highest BCUT2D eigenvalue weighted by Gasteiger charge is 2.20. The second-order valence-electron chi connectivity index (χ2n) is 4.02. The Balaban J connectivity index is 2.22. The molecule has 1 aliphatic heterocycles. The number of hydrogen-bond donors (Lipinski definition) is 1. The third kappa shape index (κ3) is 1.74. The van der Waals surface area contributed by atoms with Gasteiger partial charge in [0, 0.05) is 32.0 Å². The summed E-state index contributed by atoms with van der Waals surface area (Å²) < 4.78 is 4.91. The molecule has 1 aliphatic rings. The molecular weight excluding hydrogens is 194 g/mol. The van der Waals surface area contributed by atoms with Crippen molar-refractivity contribution in [3.63, 3.8) is 0 Å². The van der Waals surface area contributed by atoms with E-state index in [1.54, 1.807) is 0 Å². The van der Waals surface area contributed by atoms with Gasteiger partial charge in [-0.3, -0.25) is 4.90 Å². The smallest absolute Gasteiger partial charge is 0.137 e. The van der Waals surface area contributed by atoms with Gasteiger partial charge < -0.3 is 4.18 Å². The van der Waals surface area contributed by atoms with Gasteiger partial charge >= 0.3 is 0 Å². The van der Waals surface area contributed by atoms with Gasteiger partial charge in [0.15, 0.2) is 0 Å². The number of benzene rings is 1. The highest BCUT2D eigenvalue weighted by Crippen LogP contribution is 2.28. The number of fused-ring (bicyclic) bond motifs is 1. The maximum atomic E-state index is 4.91. The minimum absolute atomic E-state index is 0.600. The highest BCUT2D eigenvalue weighted by molar-refractivity contribution is 7.75. The summed E-state index contributed by atoms with van der Waals surface area (Å²) in [5.74, 6) is 0.831. The van der Waals surface area contributed by atoms with E-state index < -0.39 is 0 Å². The number of hydrogen-bond acceptors (Lipinski definition) is 3. The molecule has 14 heavy (non-hydrogen) atoms. The van der Waals surface area contributed by atoms with Crippen molar-refractivity contribution in [2.45, 2.75) is 33.0 Å². The van der Waals surface area contributed by atoms with Gasteiger partial charge in [-0.2, -0.15) is 0 Å². The maximum Gasteiger partial charge on any atom is 0.137 e. The van der Waals surface area contributed by atoms with E-state index in [0.29, 0.717) is 6.04 Å². The first-order chi connectivity index (χ1) is 6.70. The van der Waals surface area contributed by atoms with E-state index in [1.165, 1.54) is 11.1 Å². The van der Waals surface area contributed by atoms with Crippen LogP contribution < -0.4 is 4.18 Å². The van der Waals surface area contributed by atoms with Crippen molar-refractivity contribution >= 4 is 12.9 Å². The second kappa shape index (κ2) is 3.83. The fraction of sp³-hybridized carbons (Fsp3) is 0.455. The van der Waals surface area contributed by atoms with Crippen molar-refractivity contribution < 1.29 is 4.18 Å². The molecule has 0 bridgehead atoms. The van der Waals surface area contributed by atoms with E-state index in [-0.39, 0.29) is 0 Å². The van der Waals surface area contributed by atoms with Crippen LogP contribution in [0.1, 0.15) is 25.0 Å². The summed E-state index contributed by atoms with van der Waals surface area (Å²) in [7, 11) is 0. The average Bonchev–Trinajstić information content (AvgIpc) is 2.59. The lowest BCUT2D eigenvalue weighted by Gasteiger charge is -2.18. The molecule has 0 amide bonds. The van der Waals surface area contributed by atoms with E-state index in [0.717, 1.165) is 18.8 Å². The van der Waals surface area contributed by atoms with Crippen LogP contribution in [0.2, 0.25) is 0 Å². The third-order valence-corrected chi connectivity index (χ3v) is 2.97. The van der Waals surface area contributed by atoms with E-state index >= 15 is 0 Å². The van der Waals surface area contributed by atoms with Gasteiger partial charge in [0.2, 0.25) is 0 Å². The van der Waals surface area contributed by atoms with Gasteiger partial charge in [0.25, 0.3) is 0 Å². The van der Waals surface area contributed by atoms with Gasteiger partial charge in [0.05, 0.1) is 0 Å². The van der Waals surface area contributed by atoms with Crippen molar-refractivity contribution in [3.8, 4) is 5.75 Å². The summed E-state index contributed by atoms with van der Waals surface area (Å²) in [5.41, 5.74) is 2.78. The van der Waals surface area contributed by atoms with E-state index in [1.807, 2.05) is 6.07 Å². The normalized spacial score (nSPS) is 16.0. The van der Waals surface area contributed by atoms with E-state index in [2.05, 4.69) is 43.8 Å². The lowest BCUT2D eigenvalue weighted by Crippen LogP contribution is -2.24. The van der Waals surface area contributed by atoms with Crippen LogP contribution in [-0.2, 0) is 13.1 Å². The molecular formula is C11H15NOS. The Morgan fingerprint density at radius 1 is 1.29 bits per heavy atom. The van der Waals surface area contributed by atoms with Crippen molar-refractivity contribution in [3.05, 3.63) is 29.3 Å². The molecule has 0 aliphatic carbocycles. The summed E-state index contributed by atoms with van der Waals surface area (Å²) in [6, 6.07) is 6.77. The molecule has 0 unspecified atom stereocenters. The van der Waals surface area contributed by atoms with Crippen LogP contribution in [0.4, 0.5) is 0 Å². The Hall–Kier alpha value is -0.670. The number of rotatable bonds is 2. The predicted molar refractivity (Wildman–Crippen MR) is 60.4 cm³/mol. The molecule has 2 nitrogen and oxygen atoms in total. The van der Waals surface area contributed by atoms with Crippen LogP contribution >= 0.6 is 12.9 Å². The lowest BCUT2D eigenvalue weighted by atomic mass is 10.1. The molecule has 0 spiro atoms. The minimum atomic E-state index is 0.600. The summed E-state index contributed by atoms with van der Waals surface area (Å²) in [4.78, 5) is 2.44. The Morgan fingerprint density at radius 3 is 2.64 bits per heavy atom. The fourth-order valence-corrected chi connectivity index (χ4v) is 1.93. The lowest BCUT2D eigenvalue weighted by molar-refractivity contribution is 0.227. The van der Waals surface area contributed by atoms with Crippen LogP contribution in [0, 0.1) is 0 Å². The zero-order valence-corrected chi connectivity index (χ0v) is 9.42. The Morgan fingerprint density at radius 2 is 2.00 bits per heavy atom. The molecule has 0 atom stereocenters. The first-order valence-electron chi connectivity index (χ1n) is 4.88. The fourth-order valence-electron chi connectivity index (χ4n) is 1.82. The van der Waals surface area contributed by atoms with Gasteiger partial charge in [-0.15, -0.1) is 0 Å². The van der Waals surface area contributed by atoms with Crippen molar-refractivity contribution in [1.29, 1.82) is 0 Å². The van der Waals surface area contributed by atoms with Crippen molar-refractivity contribution in [1.82, 2.24) is 4.90 Å². The monoisotopic (exact) mass is 209 g/mol. The molecule has 0 saturated heterocycles. The van der Waals surface area contributed by atoms with Gasteiger partial charge in [-0.1, -0.05) is 6.07 Å². The van der Waals surface area contributed by atoms with Gasteiger partial charge in [0.1, 0.15) is 5.75 Å². The number of thiol groups is 1. The van der Waals surface area contributed by atoms with E-state index in [9.17, 15) is 0 Å². The molecule has 0 N–H and O–H groups in total. The quantitative estimate of drug-likeness (QED) is 0.594. The van der Waals surface area contributed by atoms with E-state index in [4.69, 9.17) is 4.18 Å². The van der Waals surface area contributed by atoms with Gasteiger partial charge in [-0.05, 0) is 37.1 Å². The minimum Gasteiger partial charge on any atom is -0.429 e. The highest BCUT2D eigenvalue weighted by atomic mass is 32.1. The van der Waals surface area contributed by atoms with Crippen molar-refractivity contribution in [2.75, 3.05) is 0 Å². The third-order valence-electron chi connectivity index (χ3n) is 2.76. The topological polar surface area (TPSA) is 12.5 Å². The summed E-state index contributed by atoms with van der Waals surface area (Å²) in [5, 5.41) is 0. The molecule has 1 heterocycles. The van der Waals surface area contributed by atoms with Crippen LogP contribution in [0.3, 0.4) is 0 Å². The second-order valence-corrected chi connectivity index (χ2v) is 4.20. The molecule has 1 aromatic carbocycles. The molecule has 2 rings (SSSR count). The molecule has 76 valence electrons. The molecule has 0 fully saturated rings. The molecule has 1 aromatic rings. The Labute approximate surface area is 90.5 Å². The van der Waals surface area contributed by atoms with Crippen molar-refractivity contribution in [2.24, 2.45) is 0 Å². The first kappa shape index (κ1) is 9.87. The van der Waals surface area contributed by atoms with Crippen LogP contribution in [-0.4, -0.2) is 10.9 Å². The van der Waals surface area contributed by atoms with Crippen LogP contribution in [0.25, 0.3) is 0 Å². The Bertz CT molecular complexity index is 338. The summed E-state index contributed by atoms with van der Waals surface area (Å²) >= 11 is 3.80. The zero-order valence-electron chi connectivity index (χ0n) is 8.53. The maximum absolute atomic E-state index is 4.91. The van der Waals surface area contributed by atoms with Gasteiger partial charge in [-0.25, -0.2) is 0 Å². The molecule has 3 heteroatoms. The molecule has 0 radical (unpaired) electrons. The zero-order chi connectivity index (χ0) is 10.1. The average molecular weight is 209 g/mol. The summed E-state index contributed by atoms with van der Waals surface area (Å²) in [6.45, 7) is 6.53. The molecule has 0 saturated carbocycles. The van der Waals surface area contributed by atoms with Crippen LogP contribution in [0.15, 0.2) is 18.2 Å². The summed E-state index contributed by atoms with van der Waals surface area (Å²) in [6.07, 6.45) is 0. The first-order valence-corrected chi connectivity index (χ1v) is 5.24. The number of nitrogens with zero attached hydrogens (tertiary/aromatic N) is 1. The predicted octanol–water partition coefficient (Wildman–Crippen LogP) is 2.63. The standard InChI is InChI=1S/C11H15NOS/c1-8(2)12-6-9-3-4-11(13-14)5-10(9)7-12/h3-5,8,14H,6-7H2,1-2H3. The largest absolute Gasteiger partial charge is 0.429 e. The molecule has 0 aromatic heterocycles. The Kier molecular flexibility index (Phi) is 2.70. The van der Waals surface area contributed by atoms with Crippen LogP contribution in [0.5, 0.6) is 5.75 Å². The SMILES string of the molecule is CC(C)N1Cc2ccc(OS)cc2C1.